The molecule has 1 N–H and O–H groups in total. The Morgan fingerprint density at radius 1 is 1.52 bits per heavy atom. The van der Waals surface area contributed by atoms with Crippen LogP contribution in [0.15, 0.2) is 18.2 Å². The van der Waals surface area contributed by atoms with Crippen molar-refractivity contribution in [1.29, 1.82) is 0 Å². The van der Waals surface area contributed by atoms with E-state index in [4.69, 9.17) is 0 Å². The normalized spacial score (nSPS) is 11.8. The molecule has 1 aromatic rings. The van der Waals surface area contributed by atoms with Gasteiger partial charge in [-0.25, -0.2) is 0 Å². The zero-order valence-electron chi connectivity index (χ0n) is 12.8. The van der Waals surface area contributed by atoms with E-state index in [1.54, 1.807) is 29.8 Å². The number of nitrogens with one attached hydrogen (secondary N) is 1. The van der Waals surface area contributed by atoms with Crippen molar-refractivity contribution < 1.29 is 9.72 Å². The molecule has 1 aromatic carbocycles. The number of carbonyl (C=O) groups is 1. The van der Waals surface area contributed by atoms with Crippen LogP contribution in [0.1, 0.15) is 24.2 Å². The highest BCUT2D eigenvalue weighted by Crippen LogP contribution is 2.24. The first kappa shape index (κ1) is 17.3. The first-order valence-electron chi connectivity index (χ1n) is 6.70. The highest BCUT2D eigenvalue weighted by atomic mass is 32.2. The summed E-state index contributed by atoms with van der Waals surface area (Å²) in [7, 11) is 1.72. The maximum absolute atomic E-state index is 12.6. The first-order chi connectivity index (χ1) is 9.92. The topological polar surface area (TPSA) is 75.5 Å². The first-order valence-corrected chi connectivity index (χ1v) is 8.10. The molecule has 0 radical (unpaired) electrons. The number of anilines is 1. The average molecular weight is 311 g/mol. The van der Waals surface area contributed by atoms with E-state index in [1.165, 1.54) is 12.1 Å². The number of carbonyl (C=O) groups excluding carboxylic acids is 1. The number of thioether (sulfide) groups is 1. The van der Waals surface area contributed by atoms with Gasteiger partial charge in [0.1, 0.15) is 0 Å². The molecule has 0 spiro atoms. The van der Waals surface area contributed by atoms with Crippen molar-refractivity contribution in [3.63, 3.8) is 0 Å². The van der Waals surface area contributed by atoms with E-state index in [2.05, 4.69) is 5.32 Å². The number of nitro benzene ring substituents is 1. The fourth-order valence-corrected chi connectivity index (χ4v) is 2.62. The zero-order valence-corrected chi connectivity index (χ0v) is 13.6. The number of nitro groups is 1. The van der Waals surface area contributed by atoms with Gasteiger partial charge in [0.2, 0.25) is 0 Å². The Hall–Kier alpha value is -1.76. The van der Waals surface area contributed by atoms with E-state index in [0.717, 1.165) is 5.75 Å². The Balaban J connectivity index is 3.15. The lowest BCUT2D eigenvalue weighted by Crippen LogP contribution is -2.37. The van der Waals surface area contributed by atoms with Crippen molar-refractivity contribution in [1.82, 2.24) is 4.90 Å². The van der Waals surface area contributed by atoms with E-state index in [1.807, 2.05) is 20.1 Å². The van der Waals surface area contributed by atoms with E-state index < -0.39 is 4.92 Å². The van der Waals surface area contributed by atoms with Gasteiger partial charge in [0.15, 0.2) is 0 Å². The fraction of sp³-hybridized carbons (Fsp3) is 0.500. The molecule has 0 bridgehead atoms. The SMILES string of the molecule is CCNc1ccc([N+](=O)[O-])cc1C(=O)N(C)C(C)CSC. The molecule has 0 saturated heterocycles. The molecule has 0 aliphatic rings. The molecule has 0 heterocycles. The minimum Gasteiger partial charge on any atom is -0.385 e. The Bertz CT molecular complexity index is 522. The predicted octanol–water partition coefficient (Wildman–Crippen LogP) is 2.85. The highest BCUT2D eigenvalue weighted by Gasteiger charge is 2.22. The molecule has 0 saturated carbocycles. The minimum atomic E-state index is -0.488. The number of benzene rings is 1. The number of hydrogen-bond acceptors (Lipinski definition) is 5. The highest BCUT2D eigenvalue weighted by molar-refractivity contribution is 7.98. The van der Waals surface area contributed by atoms with E-state index in [0.29, 0.717) is 17.8 Å². The maximum Gasteiger partial charge on any atom is 0.270 e. The van der Waals surface area contributed by atoms with Gasteiger partial charge < -0.3 is 10.2 Å². The van der Waals surface area contributed by atoms with Gasteiger partial charge in [-0.2, -0.15) is 11.8 Å². The molecule has 21 heavy (non-hydrogen) atoms. The van der Waals surface area contributed by atoms with Crippen molar-refractivity contribution in [3.05, 3.63) is 33.9 Å². The van der Waals surface area contributed by atoms with Crippen molar-refractivity contribution in [2.75, 3.05) is 30.9 Å². The summed E-state index contributed by atoms with van der Waals surface area (Å²) in [6.45, 7) is 4.51. The molecular weight excluding hydrogens is 290 g/mol. The minimum absolute atomic E-state index is 0.0567. The van der Waals surface area contributed by atoms with Crippen LogP contribution in [0.2, 0.25) is 0 Å². The van der Waals surface area contributed by atoms with Gasteiger partial charge in [-0.05, 0) is 26.2 Å². The molecule has 0 fully saturated rings. The van der Waals surface area contributed by atoms with Crippen LogP contribution in [0, 0.1) is 10.1 Å². The van der Waals surface area contributed by atoms with Crippen LogP contribution in [0.5, 0.6) is 0 Å². The summed E-state index contributed by atoms with van der Waals surface area (Å²) < 4.78 is 0. The molecule has 1 rings (SSSR count). The third-order valence-corrected chi connectivity index (χ3v) is 4.02. The third-order valence-electron chi connectivity index (χ3n) is 3.20. The molecule has 7 heteroatoms. The van der Waals surface area contributed by atoms with Crippen LogP contribution in [0.4, 0.5) is 11.4 Å². The maximum atomic E-state index is 12.6. The third kappa shape index (κ3) is 4.35. The molecule has 0 aliphatic heterocycles. The predicted molar refractivity (Wildman–Crippen MR) is 87.2 cm³/mol. The van der Waals surface area contributed by atoms with Gasteiger partial charge >= 0.3 is 0 Å². The molecule has 1 unspecified atom stereocenters. The molecule has 1 atom stereocenters. The largest absolute Gasteiger partial charge is 0.385 e. The van der Waals surface area contributed by atoms with E-state index in [-0.39, 0.29) is 17.6 Å². The second-order valence-electron chi connectivity index (χ2n) is 4.74. The Kier molecular flexibility index (Phi) is 6.48. The van der Waals surface area contributed by atoms with Crippen LogP contribution in [0.3, 0.4) is 0 Å². The Labute approximate surface area is 129 Å². The van der Waals surface area contributed by atoms with Gasteiger partial charge in [0.25, 0.3) is 11.6 Å². The molecule has 0 aliphatic carbocycles. The molecule has 116 valence electrons. The Morgan fingerprint density at radius 2 is 2.19 bits per heavy atom. The van der Waals surface area contributed by atoms with Crippen LogP contribution >= 0.6 is 11.8 Å². The van der Waals surface area contributed by atoms with Crippen LogP contribution < -0.4 is 5.32 Å². The van der Waals surface area contributed by atoms with E-state index in [9.17, 15) is 14.9 Å². The lowest BCUT2D eigenvalue weighted by Gasteiger charge is -2.25. The summed E-state index contributed by atoms with van der Waals surface area (Å²) in [5.41, 5.74) is 0.878. The van der Waals surface area contributed by atoms with Crippen LogP contribution in [0.25, 0.3) is 0 Å². The lowest BCUT2D eigenvalue weighted by molar-refractivity contribution is -0.384. The second kappa shape index (κ2) is 7.87. The molecule has 1 amide bonds. The van der Waals surface area contributed by atoms with Crippen molar-refractivity contribution >= 4 is 29.0 Å². The summed E-state index contributed by atoms with van der Waals surface area (Å²) in [5.74, 6) is 0.601. The number of nitrogens with zero attached hydrogens (tertiary/aromatic N) is 2. The van der Waals surface area contributed by atoms with Crippen molar-refractivity contribution in [3.8, 4) is 0 Å². The average Bonchev–Trinajstić information content (AvgIpc) is 2.46. The zero-order chi connectivity index (χ0) is 16.0. The summed E-state index contributed by atoms with van der Waals surface area (Å²) in [6.07, 6.45) is 1.98. The van der Waals surface area contributed by atoms with Crippen molar-refractivity contribution in [2.45, 2.75) is 19.9 Å². The lowest BCUT2D eigenvalue weighted by atomic mass is 10.1. The molecule has 0 aromatic heterocycles. The second-order valence-corrected chi connectivity index (χ2v) is 5.65. The fourth-order valence-electron chi connectivity index (χ4n) is 1.91. The van der Waals surface area contributed by atoms with Gasteiger partial charge in [-0.1, -0.05) is 0 Å². The monoisotopic (exact) mass is 311 g/mol. The standard InChI is InChI=1S/C14H21N3O3S/c1-5-15-13-7-6-11(17(19)20)8-12(13)14(18)16(3)10(2)9-21-4/h6-8,10,15H,5,9H2,1-4H3. The summed E-state index contributed by atoms with van der Waals surface area (Å²) in [4.78, 5) is 24.6. The molecule has 6 nitrogen and oxygen atoms in total. The Morgan fingerprint density at radius 3 is 2.71 bits per heavy atom. The summed E-state index contributed by atoms with van der Waals surface area (Å²) in [6, 6.07) is 4.38. The van der Waals surface area contributed by atoms with Gasteiger partial charge in [0, 0.05) is 43.2 Å². The number of hydrogen-bond donors (Lipinski definition) is 1. The van der Waals surface area contributed by atoms with Crippen LogP contribution in [-0.2, 0) is 0 Å². The quantitative estimate of drug-likeness (QED) is 0.619. The summed E-state index contributed by atoms with van der Waals surface area (Å²) >= 11 is 1.66. The van der Waals surface area contributed by atoms with E-state index >= 15 is 0 Å². The van der Waals surface area contributed by atoms with Crippen LogP contribution in [-0.4, -0.2) is 47.4 Å². The number of non-ortho nitro benzene ring substituents is 1. The smallest absolute Gasteiger partial charge is 0.270 e. The summed E-state index contributed by atoms with van der Waals surface area (Å²) in [5, 5.41) is 14.0. The van der Waals surface area contributed by atoms with Gasteiger partial charge in [0.05, 0.1) is 10.5 Å². The van der Waals surface area contributed by atoms with Gasteiger partial charge in [-0.3, -0.25) is 14.9 Å². The molecular formula is C14H21N3O3S. The number of amides is 1. The van der Waals surface area contributed by atoms with Crippen molar-refractivity contribution in [2.24, 2.45) is 0 Å². The number of rotatable bonds is 7. The van der Waals surface area contributed by atoms with Gasteiger partial charge in [-0.15, -0.1) is 0 Å².